The Hall–Kier alpha value is -7.37. The van der Waals surface area contributed by atoms with Crippen LogP contribution in [0.25, 0.3) is 93.0 Å². The molecule has 0 aliphatic heterocycles. The molecule has 0 saturated carbocycles. The molecule has 5 heteroatoms. The quantitative estimate of drug-likeness (QED) is 0.136. The normalized spacial score (nSPS) is 13.7. The van der Waals surface area contributed by atoms with Crippen molar-refractivity contribution < 1.29 is 4.42 Å². The van der Waals surface area contributed by atoms with Crippen molar-refractivity contribution in [2.45, 2.75) is 58.0 Å². The Morgan fingerprint density at radius 1 is 0.492 bits per heavy atom. The number of nitrogens with zero attached hydrogens (tertiary/aromatic N) is 4. The minimum Gasteiger partial charge on any atom is -0.454 e. The lowest BCUT2D eigenvalue weighted by molar-refractivity contribution is 0.349. The van der Waals surface area contributed by atoms with Crippen molar-refractivity contribution in [1.29, 1.82) is 0 Å². The van der Waals surface area contributed by atoms with Gasteiger partial charge in [-0.2, -0.15) is 0 Å². The lowest BCUT2D eigenvalue weighted by Crippen LogP contribution is -2.33. The molecule has 306 valence electrons. The van der Waals surface area contributed by atoms with E-state index in [1.54, 1.807) is 6.20 Å². The van der Waals surface area contributed by atoms with Crippen LogP contribution < -0.4 is 0 Å². The van der Waals surface area contributed by atoms with Crippen LogP contribution in [-0.2, 0) is 11.1 Å². The molecule has 0 fully saturated rings. The Morgan fingerprint density at radius 3 is 1.70 bits per heavy atom. The van der Waals surface area contributed by atoms with Crippen LogP contribution in [0.15, 0.2) is 187 Å². The van der Waals surface area contributed by atoms with Crippen molar-refractivity contribution in [3.05, 3.63) is 193 Å². The summed E-state index contributed by atoms with van der Waals surface area (Å²) in [6.45, 7) is 9.33. The number of benzene rings is 7. The van der Waals surface area contributed by atoms with Gasteiger partial charge < -0.3 is 18.1 Å². The molecule has 0 spiro atoms. The zero-order valence-electron chi connectivity index (χ0n) is 36.1. The van der Waals surface area contributed by atoms with Crippen molar-refractivity contribution in [3.8, 4) is 5.69 Å². The minimum absolute atomic E-state index is 0.320. The molecule has 5 heterocycles. The van der Waals surface area contributed by atoms with Crippen LogP contribution >= 0.6 is 0 Å². The Kier molecular flexibility index (Phi) is 8.36. The van der Waals surface area contributed by atoms with Crippen molar-refractivity contribution in [3.63, 3.8) is 0 Å². The zero-order valence-corrected chi connectivity index (χ0v) is 36.1. The Labute approximate surface area is 366 Å². The summed E-state index contributed by atoms with van der Waals surface area (Å²) >= 11 is 0. The molecular formula is C58H48N4O. The predicted molar refractivity (Wildman–Crippen MR) is 265 cm³/mol. The number of aromatic nitrogens is 4. The topological polar surface area (TPSA) is 40.8 Å². The molecule has 1 atom stereocenters. The number of hydrogen-bond donors (Lipinski definition) is 0. The predicted octanol–water partition coefficient (Wildman–Crippen LogP) is 15.6. The van der Waals surface area contributed by atoms with Gasteiger partial charge in [0.1, 0.15) is 5.58 Å². The number of fused-ring (bicyclic) bond motifs is 12. The summed E-state index contributed by atoms with van der Waals surface area (Å²) in [6.07, 6.45) is 11.2. The highest BCUT2D eigenvalue weighted by Crippen LogP contribution is 2.46. The number of hydrogen-bond acceptors (Lipinski definition) is 2. The monoisotopic (exact) mass is 816 g/mol. The van der Waals surface area contributed by atoms with Gasteiger partial charge in [-0.05, 0) is 104 Å². The number of para-hydroxylation sites is 4. The van der Waals surface area contributed by atoms with Crippen molar-refractivity contribution in [1.82, 2.24) is 18.7 Å². The van der Waals surface area contributed by atoms with E-state index in [0.29, 0.717) is 0 Å². The van der Waals surface area contributed by atoms with Gasteiger partial charge in [0, 0.05) is 72.1 Å². The summed E-state index contributed by atoms with van der Waals surface area (Å²) < 4.78 is 14.0. The van der Waals surface area contributed by atoms with Crippen LogP contribution in [0.4, 0.5) is 0 Å². The van der Waals surface area contributed by atoms with Crippen LogP contribution in [0.5, 0.6) is 0 Å². The first-order valence-corrected chi connectivity index (χ1v) is 22.5. The average molecular weight is 817 g/mol. The molecule has 5 aromatic heterocycles. The largest absolute Gasteiger partial charge is 0.454 e. The number of rotatable bonds is 9. The summed E-state index contributed by atoms with van der Waals surface area (Å²) in [5.74, 6) is 0. The third-order valence-electron chi connectivity index (χ3n) is 14.3. The van der Waals surface area contributed by atoms with E-state index in [1.807, 2.05) is 12.3 Å². The molecule has 12 aromatic rings. The van der Waals surface area contributed by atoms with Crippen molar-refractivity contribution in [2.24, 2.45) is 0 Å². The van der Waals surface area contributed by atoms with Gasteiger partial charge in [-0.15, -0.1) is 0 Å². The van der Waals surface area contributed by atoms with E-state index in [2.05, 4.69) is 210 Å². The molecule has 7 aromatic carbocycles. The lowest BCUT2D eigenvalue weighted by atomic mass is 9.83. The maximum atomic E-state index is 6.33. The van der Waals surface area contributed by atoms with E-state index in [1.165, 1.54) is 76.5 Å². The second kappa shape index (κ2) is 14.1. The van der Waals surface area contributed by atoms with Crippen LogP contribution in [0.2, 0.25) is 0 Å². The van der Waals surface area contributed by atoms with E-state index in [0.717, 1.165) is 46.9 Å². The molecule has 63 heavy (non-hydrogen) atoms. The molecule has 1 unspecified atom stereocenters. The standard InChI is InChI=1S/C58H48N4O/c1-5-8-32-57(4,61-51-22-14-10-17-41(51)42-18-11-15-23-52(42)61)38-25-30-54-48(34-38)44-20-12-16-24-53(44)62(54)58(6-2,7-3)39-26-29-50-47(35-39)43-19-9-13-21-49(43)60(50)40-27-28-45-46-31-33-59-37-56(46)63-55(45)36-40/h8-37H,5-7H2,1-4H3. The van der Waals surface area contributed by atoms with E-state index < -0.39 is 5.54 Å². The second-order valence-corrected chi connectivity index (χ2v) is 17.4. The van der Waals surface area contributed by atoms with Gasteiger partial charge in [-0.25, -0.2) is 0 Å². The summed E-state index contributed by atoms with van der Waals surface area (Å²) in [5.41, 5.74) is 11.9. The Morgan fingerprint density at radius 2 is 1.02 bits per heavy atom. The summed E-state index contributed by atoms with van der Waals surface area (Å²) in [6, 6.07) is 58.7. The molecule has 0 amide bonds. The molecule has 5 nitrogen and oxygen atoms in total. The molecular weight excluding hydrogens is 769 g/mol. The molecule has 0 bridgehead atoms. The maximum Gasteiger partial charge on any atom is 0.153 e. The highest BCUT2D eigenvalue weighted by molar-refractivity contribution is 6.12. The fourth-order valence-corrected chi connectivity index (χ4v) is 11.2. The fraction of sp³-hybridized carbons (Fsp3) is 0.155. The molecule has 0 aliphatic rings. The summed E-state index contributed by atoms with van der Waals surface area (Å²) in [7, 11) is 0. The molecule has 0 N–H and O–H groups in total. The third kappa shape index (κ3) is 5.26. The van der Waals surface area contributed by atoms with Crippen LogP contribution in [-0.4, -0.2) is 18.7 Å². The van der Waals surface area contributed by atoms with Crippen LogP contribution in [0, 0.1) is 0 Å². The average Bonchev–Trinajstić information content (AvgIpc) is 4.08. The van der Waals surface area contributed by atoms with Gasteiger partial charge in [-0.1, -0.05) is 118 Å². The Bertz CT molecular complexity index is 3740. The maximum absolute atomic E-state index is 6.33. The van der Waals surface area contributed by atoms with Gasteiger partial charge in [0.05, 0.1) is 39.3 Å². The first kappa shape index (κ1) is 37.4. The van der Waals surface area contributed by atoms with Crippen LogP contribution in [0.1, 0.15) is 58.1 Å². The van der Waals surface area contributed by atoms with E-state index >= 15 is 0 Å². The SMILES string of the molecule is CCC=CC(C)(c1ccc2c(c1)c1ccccc1n2C(CC)(CC)c1ccc2c(c1)c1ccccc1n2-c1ccc2c(c1)oc1cnccc12)n1c2ccccc2c2ccccc21. The van der Waals surface area contributed by atoms with Crippen molar-refractivity contribution >= 4 is 87.4 Å². The molecule has 0 saturated heterocycles. The van der Waals surface area contributed by atoms with Gasteiger partial charge >= 0.3 is 0 Å². The number of pyridine rings is 1. The minimum atomic E-state index is -0.450. The number of allylic oxidation sites excluding steroid dienone is 2. The highest BCUT2D eigenvalue weighted by atomic mass is 16.3. The van der Waals surface area contributed by atoms with Gasteiger partial charge in [0.2, 0.25) is 0 Å². The van der Waals surface area contributed by atoms with Gasteiger partial charge in [-0.3, -0.25) is 4.98 Å². The summed E-state index contributed by atoms with van der Waals surface area (Å²) in [5, 5.41) is 9.78. The first-order valence-electron chi connectivity index (χ1n) is 22.5. The number of furan rings is 1. The lowest BCUT2D eigenvalue weighted by Gasteiger charge is -2.36. The highest BCUT2D eigenvalue weighted by Gasteiger charge is 2.36. The smallest absolute Gasteiger partial charge is 0.153 e. The van der Waals surface area contributed by atoms with Gasteiger partial charge in [0.15, 0.2) is 5.58 Å². The first-order chi connectivity index (χ1) is 31.0. The molecule has 12 rings (SSSR count). The third-order valence-corrected chi connectivity index (χ3v) is 14.3. The Balaban J connectivity index is 1.06. The molecule has 0 radical (unpaired) electrons. The van der Waals surface area contributed by atoms with Crippen molar-refractivity contribution in [2.75, 3.05) is 0 Å². The molecule has 0 aliphatic carbocycles. The van der Waals surface area contributed by atoms with Crippen LogP contribution in [0.3, 0.4) is 0 Å². The van der Waals surface area contributed by atoms with Gasteiger partial charge in [0.25, 0.3) is 0 Å². The second-order valence-electron chi connectivity index (χ2n) is 17.4. The van der Waals surface area contributed by atoms with E-state index in [4.69, 9.17) is 4.42 Å². The van der Waals surface area contributed by atoms with E-state index in [9.17, 15) is 0 Å². The summed E-state index contributed by atoms with van der Waals surface area (Å²) in [4.78, 5) is 4.30. The zero-order chi connectivity index (χ0) is 42.5. The van der Waals surface area contributed by atoms with E-state index in [-0.39, 0.29) is 5.54 Å². The fourth-order valence-electron chi connectivity index (χ4n) is 11.2.